The van der Waals surface area contributed by atoms with Crippen molar-refractivity contribution in [2.24, 2.45) is 0 Å². The van der Waals surface area contributed by atoms with Crippen LogP contribution in [0.3, 0.4) is 0 Å². The van der Waals surface area contributed by atoms with Gasteiger partial charge in [-0.25, -0.2) is 0 Å². The number of hydrogen-bond donors (Lipinski definition) is 0. The summed E-state index contributed by atoms with van der Waals surface area (Å²) in [5.74, 6) is 0. The molecule has 0 bridgehead atoms. The van der Waals surface area contributed by atoms with Crippen LogP contribution in [0.25, 0.3) is 16.8 Å². The minimum atomic E-state index is 0.762. The Balaban J connectivity index is 1.86. The standard InChI is InChI=1S/C18H17ClN2O/c19-15-6-4-14(5-7-15)17-13-18(20-9-11-22-12-10-20)16-3-1-2-8-21(16)17/h1-8,13H,9-12H2. The summed E-state index contributed by atoms with van der Waals surface area (Å²) in [4.78, 5) is 2.40. The van der Waals surface area contributed by atoms with Gasteiger partial charge in [-0.15, -0.1) is 0 Å². The van der Waals surface area contributed by atoms with Crippen molar-refractivity contribution in [2.75, 3.05) is 31.2 Å². The minimum Gasteiger partial charge on any atom is -0.378 e. The molecule has 0 N–H and O–H groups in total. The van der Waals surface area contributed by atoms with Gasteiger partial charge >= 0.3 is 0 Å². The molecule has 1 aliphatic heterocycles. The zero-order valence-corrected chi connectivity index (χ0v) is 13.0. The van der Waals surface area contributed by atoms with Gasteiger partial charge in [0.1, 0.15) is 0 Å². The van der Waals surface area contributed by atoms with Gasteiger partial charge < -0.3 is 14.0 Å². The molecule has 3 heterocycles. The molecular weight excluding hydrogens is 296 g/mol. The van der Waals surface area contributed by atoms with Crippen LogP contribution in [-0.4, -0.2) is 30.7 Å². The third-order valence-electron chi connectivity index (χ3n) is 4.15. The second-order valence-electron chi connectivity index (χ2n) is 5.48. The van der Waals surface area contributed by atoms with Crippen LogP contribution in [0.5, 0.6) is 0 Å². The van der Waals surface area contributed by atoms with Crippen LogP contribution in [0.1, 0.15) is 0 Å². The normalized spacial score (nSPS) is 15.4. The largest absolute Gasteiger partial charge is 0.378 e. The maximum Gasteiger partial charge on any atom is 0.0690 e. The molecule has 4 rings (SSSR count). The van der Waals surface area contributed by atoms with Gasteiger partial charge in [0.25, 0.3) is 0 Å². The SMILES string of the molecule is Clc1ccc(-c2cc(N3CCOCC3)c3ccccn23)cc1. The van der Waals surface area contributed by atoms with Crippen LogP contribution in [0.4, 0.5) is 5.69 Å². The Labute approximate surface area is 134 Å². The van der Waals surface area contributed by atoms with Crippen LogP contribution in [-0.2, 0) is 4.74 Å². The quantitative estimate of drug-likeness (QED) is 0.708. The average molecular weight is 313 g/mol. The summed E-state index contributed by atoms with van der Waals surface area (Å²) in [7, 11) is 0. The average Bonchev–Trinajstić information content (AvgIpc) is 2.96. The Morgan fingerprint density at radius 2 is 1.73 bits per heavy atom. The monoisotopic (exact) mass is 312 g/mol. The van der Waals surface area contributed by atoms with E-state index in [2.05, 4.69) is 51.9 Å². The van der Waals surface area contributed by atoms with E-state index in [0.717, 1.165) is 31.3 Å². The highest BCUT2D eigenvalue weighted by molar-refractivity contribution is 6.30. The molecule has 0 saturated carbocycles. The van der Waals surface area contributed by atoms with E-state index in [-0.39, 0.29) is 0 Å². The van der Waals surface area contributed by atoms with Crippen molar-refractivity contribution in [3.8, 4) is 11.3 Å². The molecule has 0 spiro atoms. The summed E-state index contributed by atoms with van der Waals surface area (Å²) in [6, 6.07) is 16.6. The first-order valence-corrected chi connectivity index (χ1v) is 7.89. The van der Waals surface area contributed by atoms with Gasteiger partial charge in [0.2, 0.25) is 0 Å². The Bertz CT molecular complexity index is 788. The summed E-state index contributed by atoms with van der Waals surface area (Å²) < 4.78 is 7.72. The molecule has 0 radical (unpaired) electrons. The third kappa shape index (κ3) is 2.36. The summed E-state index contributed by atoms with van der Waals surface area (Å²) >= 11 is 6.02. The van der Waals surface area contributed by atoms with Crippen molar-refractivity contribution in [1.29, 1.82) is 0 Å². The summed E-state index contributed by atoms with van der Waals surface area (Å²) in [5.41, 5.74) is 4.86. The van der Waals surface area contributed by atoms with Gasteiger partial charge in [0.05, 0.1) is 30.1 Å². The maximum absolute atomic E-state index is 6.02. The highest BCUT2D eigenvalue weighted by Gasteiger charge is 2.17. The molecule has 3 nitrogen and oxygen atoms in total. The van der Waals surface area contributed by atoms with Gasteiger partial charge in [-0.2, -0.15) is 0 Å². The van der Waals surface area contributed by atoms with Gasteiger partial charge in [-0.3, -0.25) is 0 Å². The molecule has 0 atom stereocenters. The number of pyridine rings is 1. The highest BCUT2D eigenvalue weighted by atomic mass is 35.5. The van der Waals surface area contributed by atoms with Gasteiger partial charge in [-0.1, -0.05) is 29.8 Å². The predicted octanol–water partition coefficient (Wildman–Crippen LogP) is 4.10. The lowest BCUT2D eigenvalue weighted by Gasteiger charge is -2.28. The molecule has 3 aromatic rings. The second-order valence-corrected chi connectivity index (χ2v) is 5.91. The van der Waals surface area contributed by atoms with E-state index in [4.69, 9.17) is 16.3 Å². The number of hydrogen-bond acceptors (Lipinski definition) is 2. The van der Waals surface area contributed by atoms with E-state index >= 15 is 0 Å². The van der Waals surface area contributed by atoms with Crippen LogP contribution < -0.4 is 4.90 Å². The number of ether oxygens (including phenoxy) is 1. The molecule has 0 aliphatic carbocycles. The summed E-state index contributed by atoms with van der Waals surface area (Å²) in [5, 5.41) is 0.762. The second kappa shape index (κ2) is 5.67. The predicted molar refractivity (Wildman–Crippen MR) is 90.9 cm³/mol. The molecule has 1 aliphatic rings. The molecule has 1 aromatic carbocycles. The van der Waals surface area contributed by atoms with E-state index in [0.29, 0.717) is 0 Å². The van der Waals surface area contributed by atoms with Crippen molar-refractivity contribution < 1.29 is 4.74 Å². The molecular formula is C18H17ClN2O. The Morgan fingerprint density at radius 1 is 0.955 bits per heavy atom. The Kier molecular flexibility index (Phi) is 3.53. The topological polar surface area (TPSA) is 16.9 Å². The van der Waals surface area contributed by atoms with Crippen molar-refractivity contribution in [3.05, 3.63) is 59.8 Å². The fourth-order valence-electron chi connectivity index (χ4n) is 3.04. The number of aromatic nitrogens is 1. The van der Waals surface area contributed by atoms with Crippen molar-refractivity contribution in [1.82, 2.24) is 4.40 Å². The van der Waals surface area contributed by atoms with Crippen LogP contribution in [0.15, 0.2) is 54.7 Å². The molecule has 4 heteroatoms. The number of fused-ring (bicyclic) bond motifs is 1. The third-order valence-corrected chi connectivity index (χ3v) is 4.40. The van der Waals surface area contributed by atoms with E-state index in [1.165, 1.54) is 22.5 Å². The van der Waals surface area contributed by atoms with Crippen LogP contribution in [0, 0.1) is 0 Å². The molecule has 1 fully saturated rings. The lowest BCUT2D eigenvalue weighted by Crippen LogP contribution is -2.36. The highest BCUT2D eigenvalue weighted by Crippen LogP contribution is 2.32. The number of morpholine rings is 1. The van der Waals surface area contributed by atoms with E-state index < -0.39 is 0 Å². The first-order chi connectivity index (χ1) is 10.8. The Hall–Kier alpha value is -1.97. The van der Waals surface area contributed by atoms with Gasteiger partial charge in [0.15, 0.2) is 0 Å². The van der Waals surface area contributed by atoms with Crippen molar-refractivity contribution in [3.63, 3.8) is 0 Å². The number of rotatable bonds is 2. The molecule has 112 valence electrons. The fraction of sp³-hybridized carbons (Fsp3) is 0.222. The number of nitrogens with zero attached hydrogens (tertiary/aromatic N) is 2. The fourth-order valence-corrected chi connectivity index (χ4v) is 3.16. The van der Waals surface area contributed by atoms with Crippen molar-refractivity contribution >= 4 is 22.8 Å². The van der Waals surface area contributed by atoms with E-state index in [9.17, 15) is 0 Å². The summed E-state index contributed by atoms with van der Waals surface area (Å²) in [6.45, 7) is 3.46. The number of benzene rings is 1. The molecule has 22 heavy (non-hydrogen) atoms. The van der Waals surface area contributed by atoms with Crippen molar-refractivity contribution in [2.45, 2.75) is 0 Å². The smallest absolute Gasteiger partial charge is 0.0690 e. The first kappa shape index (κ1) is 13.7. The molecule has 0 unspecified atom stereocenters. The van der Waals surface area contributed by atoms with Crippen LogP contribution in [0.2, 0.25) is 5.02 Å². The Morgan fingerprint density at radius 3 is 2.50 bits per heavy atom. The lowest BCUT2D eigenvalue weighted by molar-refractivity contribution is 0.123. The number of halogens is 1. The molecule has 2 aromatic heterocycles. The lowest BCUT2D eigenvalue weighted by atomic mass is 10.1. The molecule has 0 amide bonds. The van der Waals surface area contributed by atoms with E-state index in [1.807, 2.05) is 12.1 Å². The zero-order chi connectivity index (χ0) is 14.9. The summed E-state index contributed by atoms with van der Waals surface area (Å²) in [6.07, 6.45) is 2.11. The van der Waals surface area contributed by atoms with Crippen LogP contribution >= 0.6 is 11.6 Å². The zero-order valence-electron chi connectivity index (χ0n) is 12.2. The molecule has 1 saturated heterocycles. The maximum atomic E-state index is 6.02. The van der Waals surface area contributed by atoms with Gasteiger partial charge in [0, 0.05) is 24.3 Å². The number of anilines is 1. The first-order valence-electron chi connectivity index (χ1n) is 7.52. The minimum absolute atomic E-state index is 0.762. The van der Waals surface area contributed by atoms with E-state index in [1.54, 1.807) is 0 Å². The van der Waals surface area contributed by atoms with Gasteiger partial charge in [-0.05, 0) is 35.9 Å².